The molecule has 25 nitrogen and oxygen atoms in total. The van der Waals surface area contributed by atoms with Crippen LogP contribution in [0.1, 0.15) is 138 Å². The van der Waals surface area contributed by atoms with Gasteiger partial charge < -0.3 is 29.5 Å². The smallest absolute Gasteiger partial charge is 0.355 e. The van der Waals surface area contributed by atoms with Crippen LogP contribution in [-0.2, 0) is 41.1 Å². The molecule has 0 radical (unpaired) electrons. The number of carbonyl (C=O) groups excluding carboxylic acids is 2. The van der Waals surface area contributed by atoms with Crippen LogP contribution in [0.3, 0.4) is 0 Å². The van der Waals surface area contributed by atoms with Gasteiger partial charge in [-0.15, -0.1) is 20.4 Å². The van der Waals surface area contributed by atoms with E-state index < -0.39 is 40.7 Å². The van der Waals surface area contributed by atoms with Gasteiger partial charge in [-0.1, -0.05) is 74.5 Å². The average Bonchev–Trinajstić information content (AvgIpc) is 1.56. The molecule has 6 saturated heterocycles. The highest BCUT2D eigenvalue weighted by Gasteiger charge is 2.67. The molecule has 6 N–H and O–H groups in total. The largest absolute Gasteiger partial charge is 0.481 e. The Hall–Kier alpha value is -9.49. The molecule has 9 aromatic rings. The molecule has 89 heavy (non-hydrogen) atoms. The summed E-state index contributed by atoms with van der Waals surface area (Å²) in [6.45, 7) is 10.7. The van der Waals surface area contributed by atoms with Crippen molar-refractivity contribution in [2.24, 2.45) is 23.7 Å². The number of carboxylic acid groups (broad SMARTS) is 2. The summed E-state index contributed by atoms with van der Waals surface area (Å²) in [4.78, 5) is 81.4. The molecule has 454 valence electrons. The number of carboxylic acids is 2. The van der Waals surface area contributed by atoms with Crippen LogP contribution in [0.4, 0.5) is 23.3 Å². The molecule has 13 heterocycles. The number of aryl methyl sites for hydroxylation is 1. The van der Waals surface area contributed by atoms with Crippen LogP contribution in [0, 0.1) is 30.6 Å². The molecule has 2 aromatic carbocycles. The van der Waals surface area contributed by atoms with E-state index in [9.17, 15) is 29.4 Å². The van der Waals surface area contributed by atoms with E-state index in [4.69, 9.17) is 39.6 Å². The van der Waals surface area contributed by atoms with Crippen molar-refractivity contribution in [2.45, 2.75) is 106 Å². The van der Waals surface area contributed by atoms with Gasteiger partial charge in [-0.3, -0.25) is 35.2 Å². The Kier molecular flexibility index (Phi) is 12.5. The average molecular weight is 1200 g/mol. The molecule has 3 saturated carbocycles. The maximum Gasteiger partial charge on any atom is 0.355 e. The van der Waals surface area contributed by atoms with Gasteiger partial charge in [0.15, 0.2) is 28.6 Å². The molecule has 6 aliphatic heterocycles. The van der Waals surface area contributed by atoms with Crippen molar-refractivity contribution in [3.63, 3.8) is 0 Å². The monoisotopic (exact) mass is 1200 g/mol. The van der Waals surface area contributed by atoms with Gasteiger partial charge in [0, 0.05) is 60.3 Å². The number of fused-ring (bicyclic) bond motifs is 4. The number of aromatic amines is 2. The van der Waals surface area contributed by atoms with E-state index in [1.165, 1.54) is 23.4 Å². The lowest BCUT2D eigenvalue weighted by Gasteiger charge is -2.41. The summed E-state index contributed by atoms with van der Waals surface area (Å²) in [5.41, 5.74) is 4.80. The van der Waals surface area contributed by atoms with Gasteiger partial charge in [-0.2, -0.15) is 9.97 Å². The highest BCUT2D eigenvalue weighted by Crippen LogP contribution is 2.64. The molecule has 3 aliphatic carbocycles. The van der Waals surface area contributed by atoms with Gasteiger partial charge in [-0.05, 0) is 105 Å². The summed E-state index contributed by atoms with van der Waals surface area (Å²) in [6, 6.07) is 26.8. The summed E-state index contributed by atoms with van der Waals surface area (Å²) < 4.78 is 16.7. The number of ether oxygens (including phenoxy) is 2. The lowest BCUT2D eigenvalue weighted by atomic mass is 9.63. The molecule has 4 bridgehead atoms. The predicted molar refractivity (Wildman–Crippen MR) is 322 cm³/mol. The van der Waals surface area contributed by atoms with Crippen LogP contribution < -0.4 is 20.4 Å². The SMILES string of the molecule is Cc1cc(N2CC[C@](C)(c3ccccc3)C2)cn2nc(C34CC(CO3)C4c3nc(NC(=O)c4cc(-c5cc(N6CC[C@](C)(c7ccccc7)C6)cn6nc(C78CC(CO7)C8c7nc(NC(=O)C8CCC(C(=O)O)CC8)n[nH]7)nc56)cnc4C(=O)O)n[nH]3)nc12. The number of hydrogen-bond donors (Lipinski definition) is 6. The lowest BCUT2D eigenvalue weighted by Crippen LogP contribution is -2.44. The molecule has 8 atom stereocenters. The molecule has 2 amide bonds. The molecule has 6 unspecified atom stereocenters. The zero-order chi connectivity index (χ0) is 60.7. The van der Waals surface area contributed by atoms with Crippen LogP contribution in [0.15, 0.2) is 97.5 Å². The first-order chi connectivity index (χ1) is 43.0. The molecule has 9 aliphatic rings. The summed E-state index contributed by atoms with van der Waals surface area (Å²) >= 11 is 0. The maximum absolute atomic E-state index is 14.6. The van der Waals surface area contributed by atoms with Crippen LogP contribution in [-0.4, -0.2) is 138 Å². The molecule has 9 fully saturated rings. The van der Waals surface area contributed by atoms with Crippen LogP contribution in [0.25, 0.3) is 22.4 Å². The number of hydrogen-bond acceptors (Lipinski definition) is 17. The van der Waals surface area contributed by atoms with Crippen LogP contribution in [0.2, 0.25) is 0 Å². The minimum absolute atomic E-state index is 0.0204. The Labute approximate surface area is 509 Å². The number of nitrogens with one attached hydrogen (secondary N) is 4. The zero-order valence-corrected chi connectivity index (χ0v) is 49.3. The number of aliphatic carboxylic acids is 1. The predicted octanol–water partition coefficient (Wildman–Crippen LogP) is 7.55. The molecular formula is C64H65N17O8. The quantitative estimate of drug-likeness (QED) is 0.0577. The van der Waals surface area contributed by atoms with Crippen molar-refractivity contribution < 1.29 is 38.9 Å². The summed E-state index contributed by atoms with van der Waals surface area (Å²) in [5.74, 6) is -2.57. The van der Waals surface area contributed by atoms with E-state index in [0.29, 0.717) is 98.4 Å². The van der Waals surface area contributed by atoms with E-state index in [1.807, 2.05) is 29.0 Å². The Morgan fingerprint density at radius 3 is 1.73 bits per heavy atom. The fourth-order valence-corrected chi connectivity index (χ4v) is 15.7. The second-order valence-electron chi connectivity index (χ2n) is 26.2. The molecule has 25 heteroatoms. The fraction of sp³-hybridized carbons (Fsp3) is 0.422. The summed E-state index contributed by atoms with van der Waals surface area (Å²) in [6.07, 6.45) is 10.4. The van der Waals surface area contributed by atoms with Gasteiger partial charge in [0.2, 0.25) is 17.8 Å². The van der Waals surface area contributed by atoms with Gasteiger partial charge >= 0.3 is 11.9 Å². The first kappa shape index (κ1) is 54.9. The van der Waals surface area contributed by atoms with Gasteiger partial charge in [0.05, 0.1) is 60.3 Å². The van der Waals surface area contributed by atoms with Crippen molar-refractivity contribution in [3.05, 3.63) is 149 Å². The normalized spacial score (nSPS) is 28.5. The third-order valence-corrected chi connectivity index (χ3v) is 20.7. The number of H-pyrrole nitrogens is 2. The number of benzene rings is 2. The Morgan fingerprint density at radius 1 is 0.652 bits per heavy atom. The van der Waals surface area contributed by atoms with Gasteiger partial charge in [-0.25, -0.2) is 28.8 Å². The van der Waals surface area contributed by atoms with Crippen molar-refractivity contribution in [3.8, 4) is 11.1 Å². The minimum Gasteiger partial charge on any atom is -0.481 e. The number of pyridine rings is 3. The van der Waals surface area contributed by atoms with Crippen LogP contribution in [0.5, 0.6) is 0 Å². The highest BCUT2D eigenvalue weighted by molar-refractivity contribution is 6.10. The van der Waals surface area contributed by atoms with E-state index in [0.717, 1.165) is 55.1 Å². The van der Waals surface area contributed by atoms with Gasteiger partial charge in [0.25, 0.3) is 5.91 Å². The maximum atomic E-state index is 14.6. The Balaban J connectivity index is 0.683. The molecular weight excluding hydrogens is 1130 g/mol. The highest BCUT2D eigenvalue weighted by atomic mass is 16.5. The number of aromatic carboxylic acids is 1. The number of amides is 2. The number of rotatable bonds is 15. The van der Waals surface area contributed by atoms with E-state index >= 15 is 0 Å². The Morgan fingerprint density at radius 2 is 1.18 bits per heavy atom. The van der Waals surface area contributed by atoms with Gasteiger partial charge in [0.1, 0.15) is 22.9 Å². The molecule has 0 spiro atoms. The van der Waals surface area contributed by atoms with E-state index in [1.54, 1.807) is 4.52 Å². The second kappa shape index (κ2) is 20.3. The topological polar surface area (TPSA) is 314 Å². The first-order valence-electron chi connectivity index (χ1n) is 30.6. The van der Waals surface area contributed by atoms with Crippen molar-refractivity contribution in [1.29, 1.82) is 0 Å². The second-order valence-corrected chi connectivity index (χ2v) is 26.2. The van der Waals surface area contributed by atoms with E-state index in [2.05, 4.69) is 127 Å². The third kappa shape index (κ3) is 8.88. The zero-order valence-electron chi connectivity index (χ0n) is 49.3. The number of nitrogens with zero attached hydrogens (tertiary/aromatic N) is 13. The fourth-order valence-electron chi connectivity index (χ4n) is 15.7. The van der Waals surface area contributed by atoms with Crippen molar-refractivity contribution in [2.75, 3.05) is 59.8 Å². The summed E-state index contributed by atoms with van der Waals surface area (Å²) in [7, 11) is 0. The van der Waals surface area contributed by atoms with Crippen molar-refractivity contribution in [1.82, 2.24) is 64.5 Å². The number of aromatic nitrogens is 13. The number of anilines is 4. The van der Waals surface area contributed by atoms with Crippen LogP contribution >= 0.6 is 0 Å². The first-order valence-corrected chi connectivity index (χ1v) is 30.6. The summed E-state index contributed by atoms with van der Waals surface area (Å²) in [5, 5.41) is 50.8. The molecule has 7 aromatic heterocycles. The number of carbonyl (C=O) groups is 4. The van der Waals surface area contributed by atoms with E-state index in [-0.39, 0.29) is 63.8 Å². The molecule has 18 rings (SSSR count). The van der Waals surface area contributed by atoms with Crippen molar-refractivity contribution >= 4 is 58.3 Å². The third-order valence-electron chi connectivity index (χ3n) is 20.7. The standard InChI is InChI=1S/C64H65N17O8/c1-34-22-42(78-20-18-61(2,32-78)40-10-6-4-7-11-40)28-80-51(34)68-57(76-80)63-25-38(30-88-63)46(63)50-67-60(75-73-50)71-54(83)45-23-37(27-65-48(45)56(86)87)44-24-43(79-21-19-62(3,33-79)41-12-8-5-9-13-41)29-81-52(44)69-58(77-81)64-26-39(31-89-64)47(64)49-66-59(74-72-49)70-53(82)35-14-16-36(17-15-35)55(84)85/h4-13,22-24,27-29,35-36,38-39,46-47H,14-21,25-26,30-33H2,1-3H3,(H,84,85)(H,86,87)(H2,66,70,72,74,82)(H2,67,71,73,75,83)/t35?,36?,38?,39?,46?,47?,61-,62-,63?,64?/m0/s1. The minimum atomic E-state index is -1.40. The Bertz CT molecular complexity index is 4340. The lowest BCUT2D eigenvalue weighted by molar-refractivity contribution is -0.143.